The first-order chi connectivity index (χ1) is 10.6. The van der Waals surface area contributed by atoms with E-state index in [2.05, 4.69) is 26.3 Å². The molecule has 0 spiro atoms. The smallest absolute Gasteiger partial charge is 0.250 e. The number of nitrogens with one attached hydrogen (secondary N) is 1. The third kappa shape index (κ3) is 4.81. The van der Waals surface area contributed by atoms with Crippen LogP contribution in [-0.2, 0) is 22.6 Å². The first-order valence-electron chi connectivity index (χ1n) is 6.76. The molecule has 2 rings (SSSR count). The van der Waals surface area contributed by atoms with Crippen LogP contribution in [0.5, 0.6) is 0 Å². The molecular weight excluding hydrogens is 352 g/mol. The molecule has 22 heavy (non-hydrogen) atoms. The third-order valence-corrected chi connectivity index (χ3v) is 3.44. The van der Waals surface area contributed by atoms with Gasteiger partial charge in [-0.15, -0.1) is 0 Å². The van der Waals surface area contributed by atoms with Crippen molar-refractivity contribution in [3.63, 3.8) is 0 Å². The highest BCUT2D eigenvalue weighted by Crippen LogP contribution is 2.07. The Morgan fingerprint density at radius 1 is 1.36 bits per heavy atom. The number of rotatable bonds is 7. The third-order valence-electron chi connectivity index (χ3n) is 2.97. The number of ether oxygens (including phenoxy) is 1. The summed E-state index contributed by atoms with van der Waals surface area (Å²) in [5, 5.41) is 6.86. The van der Waals surface area contributed by atoms with E-state index < -0.39 is 0 Å². The van der Waals surface area contributed by atoms with Gasteiger partial charge in [0.2, 0.25) is 5.91 Å². The fourth-order valence-electron chi connectivity index (χ4n) is 1.86. The summed E-state index contributed by atoms with van der Waals surface area (Å²) in [6, 6.07) is 3.13. The van der Waals surface area contributed by atoms with E-state index in [0.717, 1.165) is 4.47 Å². The summed E-state index contributed by atoms with van der Waals surface area (Å²) in [4.78, 5) is 23.5. The Labute approximate surface area is 136 Å². The SMILES string of the molecule is COCCn1cc(NC(=O)CCn2cc(Br)ccc2=O)cn1. The normalized spacial score (nSPS) is 10.6. The first-order valence-corrected chi connectivity index (χ1v) is 7.55. The number of halogens is 1. The number of hydrogen-bond acceptors (Lipinski definition) is 4. The molecule has 7 nitrogen and oxygen atoms in total. The van der Waals surface area contributed by atoms with E-state index in [1.165, 1.54) is 10.6 Å². The molecule has 2 heterocycles. The molecule has 0 aliphatic rings. The van der Waals surface area contributed by atoms with Crippen LogP contribution in [0.25, 0.3) is 0 Å². The molecule has 118 valence electrons. The quantitative estimate of drug-likeness (QED) is 0.802. The van der Waals surface area contributed by atoms with Crippen molar-refractivity contribution in [2.75, 3.05) is 19.0 Å². The molecule has 1 N–H and O–H groups in total. The fourth-order valence-corrected chi connectivity index (χ4v) is 2.24. The molecule has 0 fully saturated rings. The number of carbonyl (C=O) groups excluding carboxylic acids is 1. The summed E-state index contributed by atoms with van der Waals surface area (Å²) in [5.74, 6) is -0.168. The highest BCUT2D eigenvalue weighted by Gasteiger charge is 2.06. The maximum atomic E-state index is 11.9. The van der Waals surface area contributed by atoms with Crippen LogP contribution in [0.4, 0.5) is 5.69 Å². The van der Waals surface area contributed by atoms with Gasteiger partial charge in [0.15, 0.2) is 0 Å². The first kappa shape index (κ1) is 16.4. The lowest BCUT2D eigenvalue weighted by molar-refractivity contribution is -0.116. The van der Waals surface area contributed by atoms with Crippen LogP contribution in [-0.4, -0.2) is 34.0 Å². The van der Waals surface area contributed by atoms with E-state index in [4.69, 9.17) is 4.74 Å². The van der Waals surface area contributed by atoms with Crippen LogP contribution in [0.3, 0.4) is 0 Å². The van der Waals surface area contributed by atoms with Gasteiger partial charge in [-0.1, -0.05) is 0 Å². The molecule has 0 aliphatic heterocycles. The molecule has 0 unspecified atom stereocenters. The van der Waals surface area contributed by atoms with Crippen molar-refractivity contribution in [2.45, 2.75) is 19.5 Å². The van der Waals surface area contributed by atoms with E-state index in [9.17, 15) is 9.59 Å². The summed E-state index contributed by atoms with van der Waals surface area (Å²) in [7, 11) is 1.62. The number of amides is 1. The van der Waals surface area contributed by atoms with Gasteiger partial charge >= 0.3 is 0 Å². The van der Waals surface area contributed by atoms with Gasteiger partial charge in [0.1, 0.15) is 0 Å². The van der Waals surface area contributed by atoms with E-state index in [1.807, 2.05) is 0 Å². The minimum Gasteiger partial charge on any atom is -0.383 e. The van der Waals surface area contributed by atoms with Crippen molar-refractivity contribution in [3.8, 4) is 0 Å². The second-order valence-electron chi connectivity index (χ2n) is 4.66. The van der Waals surface area contributed by atoms with Crippen LogP contribution in [0, 0.1) is 0 Å². The van der Waals surface area contributed by atoms with Crippen molar-refractivity contribution in [1.82, 2.24) is 14.3 Å². The van der Waals surface area contributed by atoms with Crippen LogP contribution in [0.2, 0.25) is 0 Å². The van der Waals surface area contributed by atoms with E-state index in [0.29, 0.717) is 25.4 Å². The Hall–Kier alpha value is -1.93. The molecule has 0 bridgehead atoms. The fraction of sp³-hybridized carbons (Fsp3) is 0.357. The Morgan fingerprint density at radius 3 is 2.95 bits per heavy atom. The summed E-state index contributed by atoms with van der Waals surface area (Å²) < 4.78 is 8.94. The zero-order valence-electron chi connectivity index (χ0n) is 12.2. The second kappa shape index (κ2) is 7.90. The second-order valence-corrected chi connectivity index (χ2v) is 5.58. The van der Waals surface area contributed by atoms with Gasteiger partial charge in [-0.2, -0.15) is 5.10 Å². The van der Waals surface area contributed by atoms with Gasteiger partial charge in [-0.3, -0.25) is 14.3 Å². The number of methoxy groups -OCH3 is 1. The molecule has 0 radical (unpaired) electrons. The lowest BCUT2D eigenvalue weighted by Gasteiger charge is -2.06. The maximum absolute atomic E-state index is 11.9. The van der Waals surface area contributed by atoms with Gasteiger partial charge in [-0.05, 0) is 22.0 Å². The van der Waals surface area contributed by atoms with Gasteiger partial charge < -0.3 is 14.6 Å². The van der Waals surface area contributed by atoms with Crippen molar-refractivity contribution in [3.05, 3.63) is 45.5 Å². The van der Waals surface area contributed by atoms with Crippen LogP contribution < -0.4 is 10.9 Å². The summed E-state index contributed by atoms with van der Waals surface area (Å²) >= 11 is 3.30. The molecule has 0 saturated heterocycles. The zero-order chi connectivity index (χ0) is 15.9. The van der Waals surface area contributed by atoms with Crippen LogP contribution in [0.15, 0.2) is 40.0 Å². The largest absolute Gasteiger partial charge is 0.383 e. The zero-order valence-corrected chi connectivity index (χ0v) is 13.7. The predicted molar refractivity (Wildman–Crippen MR) is 85.8 cm³/mol. The highest BCUT2D eigenvalue weighted by atomic mass is 79.9. The Kier molecular flexibility index (Phi) is 5.91. The standard InChI is InChI=1S/C14H17BrN4O3/c1-22-7-6-19-10-12(8-16-19)17-13(20)4-5-18-9-11(15)2-3-14(18)21/h2-3,8-10H,4-7H2,1H3,(H,17,20). The monoisotopic (exact) mass is 368 g/mol. The topological polar surface area (TPSA) is 78.1 Å². The molecule has 0 aromatic carbocycles. The minimum absolute atomic E-state index is 0.136. The Bertz CT molecular complexity index is 695. The molecule has 2 aromatic rings. The minimum atomic E-state index is -0.168. The number of pyridine rings is 1. The number of carbonyl (C=O) groups is 1. The number of aryl methyl sites for hydroxylation is 1. The van der Waals surface area contributed by atoms with E-state index in [1.54, 1.807) is 36.4 Å². The molecule has 0 atom stereocenters. The van der Waals surface area contributed by atoms with E-state index in [-0.39, 0.29) is 17.9 Å². The summed E-state index contributed by atoms with van der Waals surface area (Å²) in [6.45, 7) is 1.50. The van der Waals surface area contributed by atoms with E-state index >= 15 is 0 Å². The number of aromatic nitrogens is 3. The van der Waals surface area contributed by atoms with Gasteiger partial charge in [0.25, 0.3) is 5.56 Å². The Morgan fingerprint density at radius 2 is 2.18 bits per heavy atom. The van der Waals surface area contributed by atoms with Crippen molar-refractivity contribution >= 4 is 27.5 Å². The number of anilines is 1. The lowest BCUT2D eigenvalue weighted by atomic mass is 10.3. The Balaban J connectivity index is 1.86. The highest BCUT2D eigenvalue weighted by molar-refractivity contribution is 9.10. The van der Waals surface area contributed by atoms with Crippen molar-refractivity contribution < 1.29 is 9.53 Å². The van der Waals surface area contributed by atoms with Crippen molar-refractivity contribution in [2.24, 2.45) is 0 Å². The van der Waals surface area contributed by atoms with Crippen molar-refractivity contribution in [1.29, 1.82) is 0 Å². The molecule has 2 aromatic heterocycles. The average Bonchev–Trinajstić information content (AvgIpc) is 2.93. The molecule has 0 saturated carbocycles. The average molecular weight is 369 g/mol. The molecular formula is C14H17BrN4O3. The van der Waals surface area contributed by atoms with Gasteiger partial charge in [0.05, 0.1) is 25.0 Å². The van der Waals surface area contributed by atoms with Gasteiger partial charge in [0, 0.05) is 43.0 Å². The number of nitrogens with zero attached hydrogens (tertiary/aromatic N) is 3. The van der Waals surface area contributed by atoms with Crippen LogP contribution in [0.1, 0.15) is 6.42 Å². The lowest BCUT2D eigenvalue weighted by Crippen LogP contribution is -2.22. The summed E-state index contributed by atoms with van der Waals surface area (Å²) in [5.41, 5.74) is 0.492. The molecule has 8 heteroatoms. The summed E-state index contributed by atoms with van der Waals surface area (Å²) in [6.07, 6.45) is 5.19. The number of hydrogen-bond donors (Lipinski definition) is 1. The maximum Gasteiger partial charge on any atom is 0.250 e. The molecule has 0 aliphatic carbocycles. The predicted octanol–water partition coefficient (Wildman–Crippen LogP) is 1.48. The van der Waals surface area contributed by atoms with Gasteiger partial charge in [-0.25, -0.2) is 0 Å². The molecule has 1 amide bonds. The van der Waals surface area contributed by atoms with Crippen LogP contribution >= 0.6 is 15.9 Å².